The van der Waals surface area contributed by atoms with E-state index in [1.165, 1.54) is 58.6 Å². The number of hydrogen-bond donors (Lipinski definition) is 2. The van der Waals surface area contributed by atoms with E-state index in [0.717, 1.165) is 11.4 Å². The van der Waals surface area contributed by atoms with Gasteiger partial charge in [0.05, 0.1) is 5.52 Å². The molecule has 0 saturated heterocycles. The van der Waals surface area contributed by atoms with Gasteiger partial charge >= 0.3 is 0 Å². The Balaban J connectivity index is 0.000000176. The van der Waals surface area contributed by atoms with E-state index in [-0.39, 0.29) is 0 Å². The number of H-pyrrole nitrogens is 1. The summed E-state index contributed by atoms with van der Waals surface area (Å²) in [5.74, 6) is 0. The van der Waals surface area contributed by atoms with Crippen LogP contribution in [-0.2, 0) is 0 Å². The van der Waals surface area contributed by atoms with Gasteiger partial charge in [-0.15, -0.1) is 11.3 Å². The second kappa shape index (κ2) is 12.1. The van der Waals surface area contributed by atoms with Gasteiger partial charge < -0.3 is 14.9 Å². The Morgan fingerprint density at radius 1 is 0.523 bits per heavy atom. The number of para-hydroxylation sites is 3. The number of thiophene rings is 1. The molecule has 0 atom stereocenters. The summed E-state index contributed by atoms with van der Waals surface area (Å²) >= 11 is 1.87. The molecule has 6 aromatic carbocycles. The van der Waals surface area contributed by atoms with Crippen LogP contribution in [0, 0.1) is 0 Å². The van der Waals surface area contributed by atoms with E-state index in [4.69, 9.17) is 0 Å². The third-order valence-electron chi connectivity index (χ3n) is 7.78. The fourth-order valence-corrected chi connectivity index (χ4v) is 6.90. The first-order chi connectivity index (χ1) is 21.8. The molecule has 0 amide bonds. The average molecular weight is 588 g/mol. The van der Waals surface area contributed by atoms with Crippen LogP contribution in [0.4, 0.5) is 11.4 Å². The van der Waals surface area contributed by atoms with Crippen LogP contribution in [0.1, 0.15) is 13.8 Å². The summed E-state index contributed by atoms with van der Waals surface area (Å²) in [4.78, 5) is 3.67. The van der Waals surface area contributed by atoms with Crippen molar-refractivity contribution >= 4 is 75.6 Å². The van der Waals surface area contributed by atoms with Crippen LogP contribution >= 0.6 is 11.3 Å². The molecule has 0 fully saturated rings. The highest BCUT2D eigenvalue weighted by atomic mass is 32.1. The smallest absolute Gasteiger partial charge is 0.0549 e. The van der Waals surface area contributed by atoms with Crippen molar-refractivity contribution in [3.8, 4) is 5.69 Å². The summed E-state index contributed by atoms with van der Waals surface area (Å²) in [5, 5.41) is 9.85. The van der Waals surface area contributed by atoms with Crippen molar-refractivity contribution in [2.75, 3.05) is 5.32 Å². The van der Waals surface area contributed by atoms with Gasteiger partial charge in [0.15, 0.2) is 0 Å². The highest BCUT2D eigenvalue weighted by Gasteiger charge is 2.12. The van der Waals surface area contributed by atoms with Gasteiger partial charge in [0.25, 0.3) is 0 Å². The maximum Gasteiger partial charge on any atom is 0.0549 e. The quantitative estimate of drug-likeness (QED) is 0.212. The van der Waals surface area contributed by atoms with Gasteiger partial charge in [0, 0.05) is 70.6 Å². The van der Waals surface area contributed by atoms with Crippen molar-refractivity contribution in [2.45, 2.75) is 13.8 Å². The molecule has 0 aliphatic rings. The lowest BCUT2D eigenvalue weighted by molar-refractivity contribution is 1.13. The Kier molecular flexibility index (Phi) is 7.58. The van der Waals surface area contributed by atoms with Crippen LogP contribution in [0.3, 0.4) is 0 Å². The summed E-state index contributed by atoms with van der Waals surface area (Å²) in [7, 11) is 0. The van der Waals surface area contributed by atoms with Crippen molar-refractivity contribution in [3.05, 3.63) is 152 Å². The Bertz CT molecular complexity index is 2270. The molecule has 2 N–H and O–H groups in total. The maximum absolute atomic E-state index is 3.67. The van der Waals surface area contributed by atoms with Crippen LogP contribution in [0.2, 0.25) is 0 Å². The molecule has 0 bridgehead atoms. The van der Waals surface area contributed by atoms with E-state index >= 15 is 0 Å². The van der Waals surface area contributed by atoms with Gasteiger partial charge in [0.2, 0.25) is 0 Å². The standard InChI is InChI=1S/C26H16N2S.C12H11N.C2H6/c1-2-6-17(7-3-1)28-11-10-16-12-19-20-13-21-18-8-4-5-9-25(18)29-26(21)15-23(20)27-22(19)14-24(16)28;1-3-7-11(8-4-1)13-12-9-5-2-6-10-12;1-2/h1-15,27H;1-10,13H;1-2H3. The molecule has 3 heterocycles. The molecular formula is C40H33N3S. The number of fused-ring (bicyclic) bond motifs is 7. The van der Waals surface area contributed by atoms with Gasteiger partial charge in [-0.2, -0.15) is 0 Å². The molecule has 0 saturated carbocycles. The molecule has 9 rings (SSSR count). The Morgan fingerprint density at radius 3 is 1.82 bits per heavy atom. The van der Waals surface area contributed by atoms with Gasteiger partial charge in [-0.05, 0) is 72.8 Å². The first-order valence-corrected chi connectivity index (χ1v) is 15.9. The van der Waals surface area contributed by atoms with E-state index in [0.29, 0.717) is 0 Å². The van der Waals surface area contributed by atoms with Crippen molar-refractivity contribution in [1.29, 1.82) is 0 Å². The SMILES string of the molecule is CC.c1ccc(-n2ccc3cc4c(cc32)[nH]c2cc3sc5ccccc5c3cc24)cc1.c1ccc(Nc2ccccc2)cc1. The van der Waals surface area contributed by atoms with Gasteiger partial charge in [-0.1, -0.05) is 86.6 Å². The molecule has 3 aromatic heterocycles. The summed E-state index contributed by atoms with van der Waals surface area (Å²) in [6.07, 6.45) is 2.16. The molecule has 0 aliphatic heterocycles. The van der Waals surface area contributed by atoms with Crippen molar-refractivity contribution in [3.63, 3.8) is 0 Å². The molecule has 214 valence electrons. The van der Waals surface area contributed by atoms with E-state index in [1.807, 2.05) is 85.8 Å². The summed E-state index contributed by atoms with van der Waals surface area (Å²) in [6.45, 7) is 4.00. The van der Waals surface area contributed by atoms with Crippen molar-refractivity contribution < 1.29 is 0 Å². The first kappa shape index (κ1) is 27.5. The van der Waals surface area contributed by atoms with E-state index < -0.39 is 0 Å². The number of anilines is 2. The summed E-state index contributed by atoms with van der Waals surface area (Å²) < 4.78 is 4.94. The molecule has 9 aromatic rings. The number of rotatable bonds is 3. The molecule has 4 heteroatoms. The zero-order chi connectivity index (χ0) is 29.9. The largest absolute Gasteiger partial charge is 0.356 e. The zero-order valence-electron chi connectivity index (χ0n) is 24.8. The summed E-state index contributed by atoms with van der Waals surface area (Å²) in [6, 6.07) is 51.0. The minimum Gasteiger partial charge on any atom is -0.356 e. The normalized spacial score (nSPS) is 11.0. The molecular weight excluding hydrogens is 555 g/mol. The number of aromatic nitrogens is 2. The molecule has 0 radical (unpaired) electrons. The van der Waals surface area contributed by atoms with Crippen LogP contribution in [0.15, 0.2) is 152 Å². The zero-order valence-corrected chi connectivity index (χ0v) is 25.6. The Morgan fingerprint density at radius 2 is 1.11 bits per heavy atom. The van der Waals surface area contributed by atoms with Gasteiger partial charge in [-0.3, -0.25) is 0 Å². The van der Waals surface area contributed by atoms with E-state index in [2.05, 4.69) is 106 Å². The fourth-order valence-electron chi connectivity index (χ4n) is 5.77. The average Bonchev–Trinajstić information content (AvgIpc) is 3.77. The van der Waals surface area contributed by atoms with Crippen LogP contribution < -0.4 is 5.32 Å². The second-order valence-corrected chi connectivity index (χ2v) is 11.5. The molecule has 0 unspecified atom stereocenters. The second-order valence-electron chi connectivity index (χ2n) is 10.5. The molecule has 44 heavy (non-hydrogen) atoms. The monoisotopic (exact) mass is 587 g/mol. The molecule has 0 aliphatic carbocycles. The predicted molar refractivity (Wildman–Crippen MR) is 193 cm³/mol. The minimum absolute atomic E-state index is 1.12. The minimum atomic E-state index is 1.12. The van der Waals surface area contributed by atoms with Gasteiger partial charge in [0.1, 0.15) is 0 Å². The number of nitrogens with zero attached hydrogens (tertiary/aromatic N) is 1. The Hall–Kier alpha value is -5.32. The van der Waals surface area contributed by atoms with Crippen LogP contribution in [0.5, 0.6) is 0 Å². The number of nitrogens with one attached hydrogen (secondary N) is 2. The lowest BCUT2D eigenvalue weighted by atomic mass is 10.1. The fraction of sp³-hybridized carbons (Fsp3) is 0.0500. The highest BCUT2D eigenvalue weighted by Crippen LogP contribution is 2.39. The Labute approximate surface area is 261 Å². The van der Waals surface area contributed by atoms with Crippen molar-refractivity contribution in [2.24, 2.45) is 0 Å². The molecule has 3 nitrogen and oxygen atoms in total. The number of hydrogen-bond acceptors (Lipinski definition) is 2. The number of benzene rings is 6. The predicted octanol–water partition coefficient (Wildman–Crippen LogP) is 12.1. The maximum atomic E-state index is 3.67. The van der Waals surface area contributed by atoms with Crippen molar-refractivity contribution in [1.82, 2.24) is 9.55 Å². The third kappa shape index (κ3) is 5.21. The summed E-state index contributed by atoms with van der Waals surface area (Å²) in [5.41, 5.74) is 7.04. The van der Waals surface area contributed by atoms with Crippen LogP contribution in [-0.4, -0.2) is 9.55 Å². The first-order valence-electron chi connectivity index (χ1n) is 15.1. The topological polar surface area (TPSA) is 32.8 Å². The van der Waals surface area contributed by atoms with Crippen LogP contribution in [0.25, 0.3) is 58.6 Å². The lowest BCUT2D eigenvalue weighted by Crippen LogP contribution is -1.90. The highest BCUT2D eigenvalue weighted by molar-refractivity contribution is 7.25. The third-order valence-corrected chi connectivity index (χ3v) is 8.91. The van der Waals surface area contributed by atoms with E-state index in [1.54, 1.807) is 0 Å². The molecule has 0 spiro atoms. The van der Waals surface area contributed by atoms with Gasteiger partial charge in [-0.25, -0.2) is 0 Å². The number of aromatic amines is 1. The van der Waals surface area contributed by atoms with E-state index in [9.17, 15) is 0 Å². The lowest BCUT2D eigenvalue weighted by Gasteiger charge is -2.05.